The number of aromatic amines is 1. The van der Waals surface area contributed by atoms with Gasteiger partial charge < -0.3 is 10.2 Å². The van der Waals surface area contributed by atoms with Gasteiger partial charge in [-0.15, -0.1) is 0 Å². The first-order chi connectivity index (χ1) is 6.31. The molecule has 2 rings (SSSR count). The van der Waals surface area contributed by atoms with Crippen LogP contribution < -0.4 is 5.48 Å². The van der Waals surface area contributed by atoms with Crippen molar-refractivity contribution in [3.63, 3.8) is 0 Å². The smallest absolute Gasteiger partial charge is 0.0609 e. The van der Waals surface area contributed by atoms with Crippen molar-refractivity contribution in [3.8, 4) is 0 Å². The fourth-order valence-corrected chi connectivity index (χ4v) is 1.84. The quantitative estimate of drug-likeness (QED) is 0.707. The number of aromatic nitrogens is 1. The minimum atomic E-state index is 0.432. The van der Waals surface area contributed by atoms with E-state index in [-0.39, 0.29) is 0 Å². The lowest BCUT2D eigenvalue weighted by Gasteiger charge is -1.91. The normalized spacial score (nSPS) is 10.9. The molecule has 0 unspecified atom stereocenters. The molecule has 68 valence electrons. The average Bonchev–Trinajstić information content (AvgIpc) is 2.49. The molecule has 0 saturated carbocycles. The van der Waals surface area contributed by atoms with Crippen LogP contribution in [0.5, 0.6) is 0 Å². The van der Waals surface area contributed by atoms with Crippen molar-refractivity contribution in [2.24, 2.45) is 0 Å². The molecule has 0 aliphatic carbocycles. The molecule has 0 amide bonds. The number of halogens is 1. The van der Waals surface area contributed by atoms with Crippen molar-refractivity contribution in [1.29, 1.82) is 0 Å². The van der Waals surface area contributed by atoms with Crippen LogP contribution >= 0.6 is 15.9 Å². The number of nitrogens with one attached hydrogen (secondary N) is 2. The Bertz CT molecular complexity index is 424. The zero-order chi connectivity index (χ0) is 9.26. The Morgan fingerprint density at radius 3 is 3.00 bits per heavy atom. The van der Waals surface area contributed by atoms with Crippen LogP contribution in [0, 0.1) is 0 Å². The molecule has 0 radical (unpaired) electrons. The number of hydrogen-bond acceptors (Lipinski definition) is 2. The zero-order valence-electron chi connectivity index (χ0n) is 6.84. The number of benzene rings is 1. The third-order valence-corrected chi connectivity index (χ3v) is 2.63. The standard InChI is InChI=1S/C9H9BrN2O/c10-8-2-1-3-9-7(8)4-6(12-9)5-11-13/h1-4,11-13H,5H2. The fraction of sp³-hybridized carbons (Fsp3) is 0.111. The molecule has 0 spiro atoms. The van der Waals surface area contributed by atoms with E-state index in [1.54, 1.807) is 0 Å². The van der Waals surface area contributed by atoms with E-state index in [4.69, 9.17) is 5.21 Å². The molecule has 0 saturated heterocycles. The molecule has 0 fully saturated rings. The molecule has 4 heteroatoms. The molecule has 0 aliphatic rings. The maximum absolute atomic E-state index is 8.53. The largest absolute Gasteiger partial charge is 0.357 e. The van der Waals surface area contributed by atoms with E-state index < -0.39 is 0 Å². The number of rotatable bonds is 2. The molecule has 0 atom stereocenters. The van der Waals surface area contributed by atoms with Gasteiger partial charge in [0.1, 0.15) is 0 Å². The number of hydrogen-bond donors (Lipinski definition) is 3. The Kier molecular flexibility index (Phi) is 2.35. The monoisotopic (exact) mass is 240 g/mol. The van der Waals surface area contributed by atoms with Crippen molar-refractivity contribution < 1.29 is 5.21 Å². The summed E-state index contributed by atoms with van der Waals surface area (Å²) in [5.41, 5.74) is 4.15. The summed E-state index contributed by atoms with van der Waals surface area (Å²) in [4.78, 5) is 3.18. The molecular weight excluding hydrogens is 232 g/mol. The van der Waals surface area contributed by atoms with Crippen molar-refractivity contribution in [1.82, 2.24) is 10.5 Å². The van der Waals surface area contributed by atoms with Crippen LogP contribution in [0.3, 0.4) is 0 Å². The van der Waals surface area contributed by atoms with E-state index in [0.29, 0.717) is 6.54 Å². The van der Waals surface area contributed by atoms with Gasteiger partial charge >= 0.3 is 0 Å². The van der Waals surface area contributed by atoms with Crippen LogP contribution in [0.2, 0.25) is 0 Å². The summed E-state index contributed by atoms with van der Waals surface area (Å²) in [6.07, 6.45) is 0. The third-order valence-electron chi connectivity index (χ3n) is 1.94. The van der Waals surface area contributed by atoms with E-state index in [0.717, 1.165) is 21.1 Å². The molecular formula is C9H9BrN2O. The van der Waals surface area contributed by atoms with Crippen molar-refractivity contribution >= 4 is 26.8 Å². The summed E-state index contributed by atoms with van der Waals surface area (Å²) in [5.74, 6) is 0. The first-order valence-corrected chi connectivity index (χ1v) is 4.73. The van der Waals surface area contributed by atoms with Gasteiger partial charge in [-0.2, -0.15) is 5.48 Å². The molecule has 1 aromatic heterocycles. The van der Waals surface area contributed by atoms with E-state index >= 15 is 0 Å². The number of fused-ring (bicyclic) bond motifs is 1. The number of hydroxylamine groups is 1. The highest BCUT2D eigenvalue weighted by atomic mass is 79.9. The molecule has 3 N–H and O–H groups in total. The molecule has 13 heavy (non-hydrogen) atoms. The summed E-state index contributed by atoms with van der Waals surface area (Å²) >= 11 is 3.46. The van der Waals surface area contributed by atoms with Crippen LogP contribution in [-0.4, -0.2) is 10.2 Å². The second kappa shape index (κ2) is 3.49. The van der Waals surface area contributed by atoms with Gasteiger partial charge in [-0.1, -0.05) is 22.0 Å². The average molecular weight is 241 g/mol. The second-order valence-electron chi connectivity index (χ2n) is 2.83. The minimum Gasteiger partial charge on any atom is -0.357 e. The molecule has 0 aliphatic heterocycles. The lowest BCUT2D eigenvalue weighted by Crippen LogP contribution is -2.05. The van der Waals surface area contributed by atoms with Gasteiger partial charge in [0.25, 0.3) is 0 Å². The lowest BCUT2D eigenvalue weighted by molar-refractivity contribution is 0.160. The van der Waals surface area contributed by atoms with Gasteiger partial charge in [0.2, 0.25) is 0 Å². The van der Waals surface area contributed by atoms with Crippen molar-refractivity contribution in [3.05, 3.63) is 34.4 Å². The van der Waals surface area contributed by atoms with Gasteiger partial charge in [0.05, 0.1) is 6.54 Å². The van der Waals surface area contributed by atoms with E-state index in [9.17, 15) is 0 Å². The Balaban J connectivity index is 2.55. The molecule has 1 heterocycles. The maximum Gasteiger partial charge on any atom is 0.0609 e. The first-order valence-electron chi connectivity index (χ1n) is 3.94. The maximum atomic E-state index is 8.53. The van der Waals surface area contributed by atoms with Crippen LogP contribution in [0.4, 0.5) is 0 Å². The van der Waals surface area contributed by atoms with Gasteiger partial charge in [-0.3, -0.25) is 0 Å². The highest BCUT2D eigenvalue weighted by Gasteiger charge is 2.02. The van der Waals surface area contributed by atoms with Crippen molar-refractivity contribution in [2.75, 3.05) is 0 Å². The van der Waals surface area contributed by atoms with Crippen LogP contribution in [0.15, 0.2) is 28.7 Å². The molecule has 3 nitrogen and oxygen atoms in total. The summed E-state index contributed by atoms with van der Waals surface area (Å²) in [6.45, 7) is 0.432. The summed E-state index contributed by atoms with van der Waals surface area (Å²) in [5, 5.41) is 9.66. The zero-order valence-corrected chi connectivity index (χ0v) is 8.43. The molecule has 2 aromatic rings. The van der Waals surface area contributed by atoms with Crippen molar-refractivity contribution in [2.45, 2.75) is 6.54 Å². The minimum absolute atomic E-state index is 0.432. The van der Waals surface area contributed by atoms with Gasteiger partial charge in [-0.25, -0.2) is 0 Å². The Morgan fingerprint density at radius 2 is 2.31 bits per heavy atom. The van der Waals surface area contributed by atoms with Gasteiger partial charge in [0.15, 0.2) is 0 Å². The number of H-pyrrole nitrogens is 1. The fourth-order valence-electron chi connectivity index (χ4n) is 1.36. The molecule has 1 aromatic carbocycles. The third kappa shape index (κ3) is 1.60. The van der Waals surface area contributed by atoms with Crippen LogP contribution in [0.1, 0.15) is 5.69 Å². The molecule has 0 bridgehead atoms. The Morgan fingerprint density at radius 1 is 1.46 bits per heavy atom. The predicted molar refractivity (Wildman–Crippen MR) is 54.6 cm³/mol. The van der Waals surface area contributed by atoms with E-state index in [2.05, 4.69) is 26.4 Å². The highest BCUT2D eigenvalue weighted by molar-refractivity contribution is 9.10. The Hall–Kier alpha value is -0.840. The van der Waals surface area contributed by atoms with E-state index in [1.165, 1.54) is 0 Å². The summed E-state index contributed by atoms with van der Waals surface area (Å²) in [7, 11) is 0. The van der Waals surface area contributed by atoms with Crippen LogP contribution in [-0.2, 0) is 6.54 Å². The first kappa shape index (κ1) is 8.74. The predicted octanol–water partition coefficient (Wildman–Crippen LogP) is 2.41. The summed E-state index contributed by atoms with van der Waals surface area (Å²) in [6, 6.07) is 7.97. The topological polar surface area (TPSA) is 48.0 Å². The van der Waals surface area contributed by atoms with E-state index in [1.807, 2.05) is 24.3 Å². The lowest BCUT2D eigenvalue weighted by atomic mass is 10.2. The Labute approximate surface area is 83.9 Å². The van der Waals surface area contributed by atoms with Gasteiger partial charge in [-0.05, 0) is 18.2 Å². The van der Waals surface area contributed by atoms with Crippen LogP contribution in [0.25, 0.3) is 10.9 Å². The van der Waals surface area contributed by atoms with Gasteiger partial charge in [0, 0.05) is 21.1 Å². The summed E-state index contributed by atoms with van der Waals surface area (Å²) < 4.78 is 1.06. The highest BCUT2D eigenvalue weighted by Crippen LogP contribution is 2.24. The second-order valence-corrected chi connectivity index (χ2v) is 3.68. The SMILES string of the molecule is ONCc1cc2c(Br)cccc2[nH]1.